The van der Waals surface area contributed by atoms with Gasteiger partial charge in [0.1, 0.15) is 5.75 Å². The van der Waals surface area contributed by atoms with Crippen molar-refractivity contribution >= 4 is 11.9 Å². The van der Waals surface area contributed by atoms with Gasteiger partial charge in [0.05, 0.1) is 19.8 Å². The van der Waals surface area contributed by atoms with E-state index in [0.29, 0.717) is 11.3 Å². The Morgan fingerprint density at radius 3 is 2.27 bits per heavy atom. The molecule has 6 heteroatoms. The number of aryl methyl sites for hydroxylation is 2. The van der Waals surface area contributed by atoms with Crippen LogP contribution in [0.3, 0.4) is 0 Å². The lowest BCUT2D eigenvalue weighted by Gasteiger charge is -2.16. The summed E-state index contributed by atoms with van der Waals surface area (Å²) in [5.41, 5.74) is 2.51. The highest BCUT2D eigenvalue weighted by atomic mass is 16.6. The van der Waals surface area contributed by atoms with Crippen molar-refractivity contribution in [1.29, 1.82) is 0 Å². The van der Waals surface area contributed by atoms with Gasteiger partial charge in [-0.15, -0.1) is 0 Å². The molecule has 0 fully saturated rings. The minimum atomic E-state index is -0.818. The zero-order chi connectivity index (χ0) is 19.3. The first kappa shape index (κ1) is 19.3. The molecule has 2 rings (SSSR count). The average Bonchev–Trinajstić information content (AvgIpc) is 2.64. The second-order valence-corrected chi connectivity index (χ2v) is 5.78. The summed E-state index contributed by atoms with van der Waals surface area (Å²) in [4.78, 5) is 23.9. The molecule has 26 heavy (non-hydrogen) atoms. The highest BCUT2D eigenvalue weighted by Gasteiger charge is 2.20. The SMILES string of the molecule is COC(=O)c1ccc(OC(=O)[C@H](C)Oc2ccc(C)c(C)c2)c(OC)c1. The van der Waals surface area contributed by atoms with E-state index in [1.165, 1.54) is 32.4 Å². The highest BCUT2D eigenvalue weighted by Crippen LogP contribution is 2.29. The van der Waals surface area contributed by atoms with Gasteiger partial charge in [-0.2, -0.15) is 0 Å². The molecule has 0 radical (unpaired) electrons. The number of hydrogen-bond acceptors (Lipinski definition) is 6. The van der Waals surface area contributed by atoms with Gasteiger partial charge < -0.3 is 18.9 Å². The standard InChI is InChI=1S/C20H22O6/c1-12-6-8-16(10-13(12)2)25-14(3)19(21)26-17-9-7-15(20(22)24-5)11-18(17)23-4/h6-11,14H,1-5H3/t14-/m0/s1. The fourth-order valence-corrected chi connectivity index (χ4v) is 2.23. The molecule has 2 aromatic carbocycles. The number of ether oxygens (including phenoxy) is 4. The summed E-state index contributed by atoms with van der Waals surface area (Å²) in [6.07, 6.45) is -0.818. The minimum Gasteiger partial charge on any atom is -0.493 e. The number of carbonyl (C=O) groups is 2. The maximum Gasteiger partial charge on any atom is 0.352 e. The van der Waals surface area contributed by atoms with Crippen molar-refractivity contribution in [2.45, 2.75) is 26.9 Å². The van der Waals surface area contributed by atoms with Gasteiger partial charge in [0.15, 0.2) is 17.6 Å². The number of hydrogen-bond donors (Lipinski definition) is 0. The van der Waals surface area contributed by atoms with Crippen molar-refractivity contribution in [2.75, 3.05) is 14.2 Å². The molecule has 0 N–H and O–H groups in total. The molecule has 0 saturated carbocycles. The van der Waals surface area contributed by atoms with E-state index in [1.807, 2.05) is 26.0 Å². The van der Waals surface area contributed by atoms with E-state index in [1.54, 1.807) is 13.0 Å². The summed E-state index contributed by atoms with van der Waals surface area (Å²) in [5, 5.41) is 0. The van der Waals surface area contributed by atoms with Gasteiger partial charge >= 0.3 is 11.9 Å². The first-order chi connectivity index (χ1) is 12.3. The molecule has 0 unspecified atom stereocenters. The molecule has 0 spiro atoms. The smallest absolute Gasteiger partial charge is 0.352 e. The van der Waals surface area contributed by atoms with Crippen LogP contribution in [0.4, 0.5) is 0 Å². The van der Waals surface area contributed by atoms with E-state index in [9.17, 15) is 9.59 Å². The van der Waals surface area contributed by atoms with Crippen molar-refractivity contribution in [2.24, 2.45) is 0 Å². The molecule has 0 saturated heterocycles. The quantitative estimate of drug-likeness (QED) is 0.582. The highest BCUT2D eigenvalue weighted by molar-refractivity contribution is 5.90. The molecule has 1 atom stereocenters. The van der Waals surface area contributed by atoms with Crippen LogP contribution in [0.25, 0.3) is 0 Å². The van der Waals surface area contributed by atoms with E-state index in [4.69, 9.17) is 14.2 Å². The fraction of sp³-hybridized carbons (Fsp3) is 0.300. The third-order valence-electron chi connectivity index (χ3n) is 3.92. The lowest BCUT2D eigenvalue weighted by Crippen LogP contribution is -2.28. The van der Waals surface area contributed by atoms with Crippen LogP contribution in [0.2, 0.25) is 0 Å². The zero-order valence-electron chi connectivity index (χ0n) is 15.5. The van der Waals surface area contributed by atoms with Crippen LogP contribution >= 0.6 is 0 Å². The van der Waals surface area contributed by atoms with Gasteiger partial charge in [0, 0.05) is 0 Å². The van der Waals surface area contributed by atoms with E-state index in [-0.39, 0.29) is 11.5 Å². The Kier molecular flexibility index (Phi) is 6.22. The Morgan fingerprint density at radius 2 is 1.65 bits per heavy atom. The molecular weight excluding hydrogens is 336 g/mol. The van der Waals surface area contributed by atoms with Gasteiger partial charge in [-0.25, -0.2) is 9.59 Å². The van der Waals surface area contributed by atoms with Gasteiger partial charge in [-0.1, -0.05) is 6.07 Å². The molecule has 0 aliphatic carbocycles. The van der Waals surface area contributed by atoms with Crippen molar-refractivity contribution in [3.8, 4) is 17.2 Å². The second-order valence-electron chi connectivity index (χ2n) is 5.78. The maximum absolute atomic E-state index is 12.3. The largest absolute Gasteiger partial charge is 0.493 e. The molecule has 6 nitrogen and oxygen atoms in total. The monoisotopic (exact) mass is 358 g/mol. The molecule has 2 aromatic rings. The van der Waals surface area contributed by atoms with Crippen LogP contribution in [0, 0.1) is 13.8 Å². The normalized spacial score (nSPS) is 11.4. The van der Waals surface area contributed by atoms with E-state index >= 15 is 0 Å². The molecule has 0 bridgehead atoms. The lowest BCUT2D eigenvalue weighted by atomic mass is 10.1. The Bertz CT molecular complexity index is 812. The zero-order valence-corrected chi connectivity index (χ0v) is 15.5. The Balaban J connectivity index is 2.10. The number of benzene rings is 2. The molecule has 0 aromatic heterocycles. The van der Waals surface area contributed by atoms with E-state index in [0.717, 1.165) is 11.1 Å². The number of esters is 2. The molecule has 0 heterocycles. The van der Waals surface area contributed by atoms with E-state index in [2.05, 4.69) is 4.74 Å². The fourth-order valence-electron chi connectivity index (χ4n) is 2.23. The maximum atomic E-state index is 12.3. The van der Waals surface area contributed by atoms with Gasteiger partial charge in [0.25, 0.3) is 0 Å². The van der Waals surface area contributed by atoms with Crippen LogP contribution in [-0.4, -0.2) is 32.3 Å². The second kappa shape index (κ2) is 8.38. The van der Waals surface area contributed by atoms with Gasteiger partial charge in [0.2, 0.25) is 0 Å². The summed E-state index contributed by atoms with van der Waals surface area (Å²) in [6.45, 7) is 5.58. The molecule has 0 aliphatic heterocycles. The Hall–Kier alpha value is -3.02. The van der Waals surface area contributed by atoms with Crippen LogP contribution in [0.15, 0.2) is 36.4 Å². The van der Waals surface area contributed by atoms with Gasteiger partial charge in [-0.3, -0.25) is 0 Å². The predicted octanol–water partition coefficient (Wildman–Crippen LogP) is 3.47. The third-order valence-corrected chi connectivity index (χ3v) is 3.92. The number of carbonyl (C=O) groups excluding carboxylic acids is 2. The third kappa shape index (κ3) is 4.53. The summed E-state index contributed by atoms with van der Waals surface area (Å²) < 4.78 is 20.8. The molecular formula is C20H22O6. The molecule has 0 amide bonds. The van der Waals surface area contributed by atoms with Crippen LogP contribution in [0.5, 0.6) is 17.2 Å². The average molecular weight is 358 g/mol. The van der Waals surface area contributed by atoms with Gasteiger partial charge in [-0.05, 0) is 62.2 Å². The topological polar surface area (TPSA) is 71.1 Å². The molecule has 0 aliphatic rings. The van der Waals surface area contributed by atoms with E-state index < -0.39 is 18.0 Å². The summed E-state index contributed by atoms with van der Waals surface area (Å²) >= 11 is 0. The number of methoxy groups -OCH3 is 2. The molecule has 138 valence electrons. The van der Waals surface area contributed by atoms with Crippen LogP contribution < -0.4 is 14.2 Å². The first-order valence-corrected chi connectivity index (χ1v) is 8.07. The summed E-state index contributed by atoms with van der Waals surface area (Å²) in [6, 6.07) is 10.0. The lowest BCUT2D eigenvalue weighted by molar-refractivity contribution is -0.141. The van der Waals surface area contributed by atoms with Crippen molar-refractivity contribution in [1.82, 2.24) is 0 Å². The van der Waals surface area contributed by atoms with Crippen LogP contribution in [-0.2, 0) is 9.53 Å². The first-order valence-electron chi connectivity index (χ1n) is 8.07. The minimum absolute atomic E-state index is 0.195. The Morgan fingerprint density at radius 1 is 0.923 bits per heavy atom. The predicted molar refractivity (Wildman–Crippen MR) is 96.0 cm³/mol. The number of rotatable bonds is 6. The van der Waals surface area contributed by atoms with Crippen molar-refractivity contribution < 1.29 is 28.5 Å². The summed E-state index contributed by atoms with van der Waals surface area (Å²) in [7, 11) is 2.71. The van der Waals surface area contributed by atoms with Crippen molar-refractivity contribution in [3.63, 3.8) is 0 Å². The van der Waals surface area contributed by atoms with Crippen LogP contribution in [0.1, 0.15) is 28.4 Å². The summed E-state index contributed by atoms with van der Waals surface area (Å²) in [5.74, 6) is -0.0501. The van der Waals surface area contributed by atoms with Crippen molar-refractivity contribution in [3.05, 3.63) is 53.1 Å². The Labute approximate surface area is 152 Å².